The molecule has 0 aromatic rings. The van der Waals surface area contributed by atoms with Crippen LogP contribution in [0, 0.1) is 0 Å². The number of esters is 1. The largest absolute Gasteiger partial charge is 0.466 e. The fourth-order valence-electron chi connectivity index (χ4n) is 2.38. The lowest BCUT2D eigenvalue weighted by molar-refractivity contribution is -0.143. The lowest BCUT2D eigenvalue weighted by Crippen LogP contribution is -2.03. The Kier molecular flexibility index (Phi) is 15.6. The predicted molar refractivity (Wildman–Crippen MR) is 86.9 cm³/mol. The van der Waals surface area contributed by atoms with Crippen molar-refractivity contribution >= 4 is 5.97 Å². The molecular formula is C18H34O2. The van der Waals surface area contributed by atoms with Crippen molar-refractivity contribution in [2.24, 2.45) is 0 Å². The van der Waals surface area contributed by atoms with Gasteiger partial charge in [0.15, 0.2) is 0 Å². The van der Waals surface area contributed by atoms with Gasteiger partial charge in [0.05, 0.1) is 6.61 Å². The van der Waals surface area contributed by atoms with Crippen molar-refractivity contribution in [1.82, 2.24) is 0 Å². The van der Waals surface area contributed by atoms with E-state index in [0.29, 0.717) is 13.0 Å². The first-order valence-corrected chi connectivity index (χ1v) is 8.57. The third kappa shape index (κ3) is 15.3. The van der Waals surface area contributed by atoms with Gasteiger partial charge in [0.1, 0.15) is 0 Å². The second-order valence-corrected chi connectivity index (χ2v) is 5.52. The third-order valence-corrected chi connectivity index (χ3v) is 3.59. The Morgan fingerprint density at radius 1 is 0.850 bits per heavy atom. The summed E-state index contributed by atoms with van der Waals surface area (Å²) in [5.41, 5.74) is 0. The molecule has 0 heterocycles. The number of hydrogen-bond donors (Lipinski definition) is 0. The minimum absolute atomic E-state index is 0.0380. The number of rotatable bonds is 15. The molecule has 0 fully saturated rings. The zero-order valence-corrected chi connectivity index (χ0v) is 13.5. The minimum atomic E-state index is -0.0380. The Morgan fingerprint density at radius 2 is 1.30 bits per heavy atom. The van der Waals surface area contributed by atoms with Gasteiger partial charge in [0, 0.05) is 6.42 Å². The summed E-state index contributed by atoms with van der Waals surface area (Å²) in [7, 11) is 0. The molecule has 0 saturated carbocycles. The van der Waals surface area contributed by atoms with Crippen LogP contribution in [-0.4, -0.2) is 12.6 Å². The van der Waals surface area contributed by atoms with Crippen molar-refractivity contribution in [3.05, 3.63) is 12.7 Å². The molecule has 0 aliphatic heterocycles. The van der Waals surface area contributed by atoms with Gasteiger partial charge in [-0.25, -0.2) is 0 Å². The lowest BCUT2D eigenvalue weighted by atomic mass is 10.0. The normalized spacial score (nSPS) is 10.4. The highest BCUT2D eigenvalue weighted by Gasteiger charge is 2.00. The smallest absolute Gasteiger partial charge is 0.305 e. The summed E-state index contributed by atoms with van der Waals surface area (Å²) < 4.78 is 4.90. The van der Waals surface area contributed by atoms with Gasteiger partial charge in [-0.15, -0.1) is 6.58 Å². The topological polar surface area (TPSA) is 26.3 Å². The summed E-state index contributed by atoms with van der Waals surface area (Å²) in [5.74, 6) is -0.0380. The molecule has 0 aliphatic rings. The van der Waals surface area contributed by atoms with E-state index in [0.717, 1.165) is 6.42 Å². The lowest BCUT2D eigenvalue weighted by Gasteiger charge is -2.03. The molecule has 0 N–H and O–H groups in total. The third-order valence-electron chi connectivity index (χ3n) is 3.59. The molecule has 0 rings (SSSR count). The minimum Gasteiger partial charge on any atom is -0.466 e. The van der Waals surface area contributed by atoms with Crippen molar-refractivity contribution in [3.8, 4) is 0 Å². The molecule has 2 nitrogen and oxygen atoms in total. The highest BCUT2D eigenvalue weighted by molar-refractivity contribution is 5.69. The van der Waals surface area contributed by atoms with Crippen molar-refractivity contribution < 1.29 is 9.53 Å². The molecule has 118 valence electrons. The van der Waals surface area contributed by atoms with Gasteiger partial charge in [-0.3, -0.25) is 4.79 Å². The van der Waals surface area contributed by atoms with Crippen molar-refractivity contribution in [3.63, 3.8) is 0 Å². The molecule has 0 aromatic carbocycles. The second kappa shape index (κ2) is 16.3. The first-order chi connectivity index (χ1) is 9.81. The van der Waals surface area contributed by atoms with Crippen LogP contribution in [0.3, 0.4) is 0 Å². The quantitative estimate of drug-likeness (QED) is 0.215. The maximum Gasteiger partial charge on any atom is 0.305 e. The van der Waals surface area contributed by atoms with Gasteiger partial charge in [-0.2, -0.15) is 0 Å². The number of allylic oxidation sites excluding steroid dienone is 1. The Hall–Kier alpha value is -0.790. The number of hydrogen-bond acceptors (Lipinski definition) is 2. The molecule has 0 unspecified atom stereocenters. The molecule has 0 amide bonds. The zero-order valence-electron chi connectivity index (χ0n) is 13.5. The highest BCUT2D eigenvalue weighted by Crippen LogP contribution is 2.12. The average Bonchev–Trinajstić information content (AvgIpc) is 2.44. The predicted octanol–water partition coefficient (Wildman–Crippen LogP) is 5.81. The number of ether oxygens (including phenoxy) is 1. The van der Waals surface area contributed by atoms with Crippen LogP contribution < -0.4 is 0 Å². The van der Waals surface area contributed by atoms with E-state index >= 15 is 0 Å². The van der Waals surface area contributed by atoms with E-state index in [4.69, 9.17) is 4.74 Å². The van der Waals surface area contributed by atoms with Gasteiger partial charge in [0.2, 0.25) is 0 Å². The summed E-state index contributed by atoms with van der Waals surface area (Å²) >= 11 is 0. The molecule has 20 heavy (non-hydrogen) atoms. The number of unbranched alkanes of at least 4 members (excludes halogenated alkanes) is 11. The number of carbonyl (C=O) groups excluding carboxylic acids is 1. The Bertz CT molecular complexity index is 223. The van der Waals surface area contributed by atoms with E-state index in [1.807, 2.05) is 13.0 Å². The van der Waals surface area contributed by atoms with Crippen LogP contribution in [0.1, 0.15) is 90.4 Å². The molecule has 0 atom stereocenters. The van der Waals surface area contributed by atoms with Gasteiger partial charge in [0.25, 0.3) is 0 Å². The summed E-state index contributed by atoms with van der Waals surface area (Å²) in [5, 5.41) is 0. The zero-order chi connectivity index (χ0) is 14.9. The second-order valence-electron chi connectivity index (χ2n) is 5.52. The molecular weight excluding hydrogens is 248 g/mol. The average molecular weight is 282 g/mol. The summed E-state index contributed by atoms with van der Waals surface area (Å²) in [6.45, 7) is 6.11. The van der Waals surface area contributed by atoms with E-state index in [1.165, 1.54) is 70.6 Å². The molecule has 0 bridgehead atoms. The van der Waals surface area contributed by atoms with Crippen LogP contribution in [0.4, 0.5) is 0 Å². The van der Waals surface area contributed by atoms with E-state index in [2.05, 4.69) is 6.58 Å². The van der Waals surface area contributed by atoms with Gasteiger partial charge < -0.3 is 4.74 Å². The highest BCUT2D eigenvalue weighted by atomic mass is 16.5. The van der Waals surface area contributed by atoms with Crippen LogP contribution in [0.15, 0.2) is 12.7 Å². The van der Waals surface area contributed by atoms with Crippen molar-refractivity contribution in [1.29, 1.82) is 0 Å². The van der Waals surface area contributed by atoms with E-state index in [1.54, 1.807) is 0 Å². The molecule has 0 aromatic heterocycles. The molecule has 2 heteroatoms. The van der Waals surface area contributed by atoms with Gasteiger partial charge in [-0.05, 0) is 26.2 Å². The van der Waals surface area contributed by atoms with Crippen LogP contribution in [0.25, 0.3) is 0 Å². The summed E-state index contributed by atoms with van der Waals surface area (Å²) in [6.07, 6.45) is 18.1. The summed E-state index contributed by atoms with van der Waals surface area (Å²) in [6, 6.07) is 0. The van der Waals surface area contributed by atoms with Crippen LogP contribution in [-0.2, 0) is 9.53 Å². The fourth-order valence-corrected chi connectivity index (χ4v) is 2.38. The molecule has 0 spiro atoms. The molecule has 0 aliphatic carbocycles. The van der Waals surface area contributed by atoms with Crippen LogP contribution in [0.2, 0.25) is 0 Å². The molecule has 0 radical (unpaired) electrons. The molecule has 0 saturated heterocycles. The monoisotopic (exact) mass is 282 g/mol. The standard InChI is InChI=1S/C18H34O2/c1-3-5-6-7-8-9-10-11-12-13-14-15-16-17-18(19)20-4-2/h3H,1,4-17H2,2H3. The summed E-state index contributed by atoms with van der Waals surface area (Å²) in [4.78, 5) is 11.1. The Labute approximate surface area is 126 Å². The van der Waals surface area contributed by atoms with Gasteiger partial charge >= 0.3 is 5.97 Å². The fraction of sp³-hybridized carbons (Fsp3) is 0.833. The maximum absolute atomic E-state index is 11.1. The first-order valence-electron chi connectivity index (χ1n) is 8.57. The van der Waals surface area contributed by atoms with Gasteiger partial charge in [-0.1, -0.05) is 63.9 Å². The maximum atomic E-state index is 11.1. The van der Waals surface area contributed by atoms with E-state index in [9.17, 15) is 4.79 Å². The van der Waals surface area contributed by atoms with Crippen LogP contribution >= 0.6 is 0 Å². The SMILES string of the molecule is C=CCCCCCCCCCCCCCC(=O)OCC. The van der Waals surface area contributed by atoms with Crippen molar-refractivity contribution in [2.45, 2.75) is 90.4 Å². The van der Waals surface area contributed by atoms with E-state index in [-0.39, 0.29) is 5.97 Å². The van der Waals surface area contributed by atoms with E-state index < -0.39 is 0 Å². The first kappa shape index (κ1) is 19.2. The van der Waals surface area contributed by atoms with Crippen molar-refractivity contribution in [2.75, 3.05) is 6.61 Å². The Morgan fingerprint density at radius 3 is 1.75 bits per heavy atom. The Balaban J connectivity index is 3.02. The number of carbonyl (C=O) groups is 1. The van der Waals surface area contributed by atoms with Crippen LogP contribution in [0.5, 0.6) is 0 Å².